The van der Waals surface area contributed by atoms with Crippen LogP contribution in [0.25, 0.3) is 0 Å². The highest BCUT2D eigenvalue weighted by Gasteiger charge is 2.19. The Hall–Kier alpha value is -1.40. The molecule has 1 atom stereocenters. The Balaban J connectivity index is 1.91. The van der Waals surface area contributed by atoms with E-state index in [0.29, 0.717) is 18.2 Å². The lowest BCUT2D eigenvalue weighted by atomic mass is 9.84. The zero-order valence-electron chi connectivity index (χ0n) is 11.5. The zero-order chi connectivity index (χ0) is 13.7. The van der Waals surface area contributed by atoms with Crippen LogP contribution in [-0.4, -0.2) is 6.04 Å². The Morgan fingerprint density at radius 1 is 1.32 bits per heavy atom. The molecule has 0 aromatic heterocycles. The van der Waals surface area contributed by atoms with Gasteiger partial charge in [-0.15, -0.1) is 0 Å². The van der Waals surface area contributed by atoms with Gasteiger partial charge >= 0.3 is 0 Å². The molecule has 0 amide bonds. The van der Waals surface area contributed by atoms with Gasteiger partial charge in [-0.3, -0.25) is 0 Å². The summed E-state index contributed by atoms with van der Waals surface area (Å²) in [5, 5.41) is 12.3. The molecule has 0 bridgehead atoms. The molecule has 0 aliphatic heterocycles. The maximum atomic E-state index is 13.3. The molecule has 3 heteroatoms. The number of halogens is 1. The summed E-state index contributed by atoms with van der Waals surface area (Å²) >= 11 is 0. The first-order valence-electron chi connectivity index (χ1n) is 7.12. The molecule has 2 nitrogen and oxygen atoms in total. The first kappa shape index (κ1) is 14.0. The normalized spacial score (nSPS) is 17.9. The Morgan fingerprint density at radius 3 is 2.74 bits per heavy atom. The van der Waals surface area contributed by atoms with E-state index in [-0.39, 0.29) is 5.82 Å². The summed E-state index contributed by atoms with van der Waals surface area (Å²) < 4.78 is 13.3. The first-order chi connectivity index (χ1) is 9.19. The van der Waals surface area contributed by atoms with Gasteiger partial charge in [-0.25, -0.2) is 4.39 Å². The van der Waals surface area contributed by atoms with Crippen molar-refractivity contribution in [2.45, 2.75) is 51.6 Å². The van der Waals surface area contributed by atoms with Crippen LogP contribution in [-0.2, 0) is 6.54 Å². The molecule has 0 radical (unpaired) electrons. The second-order valence-corrected chi connectivity index (χ2v) is 5.53. The van der Waals surface area contributed by atoms with Crippen molar-refractivity contribution in [1.29, 1.82) is 5.26 Å². The van der Waals surface area contributed by atoms with Gasteiger partial charge in [-0.05, 0) is 49.4 Å². The summed E-state index contributed by atoms with van der Waals surface area (Å²) in [6, 6.07) is 6.97. The Kier molecular flexibility index (Phi) is 4.93. The lowest BCUT2D eigenvalue weighted by molar-refractivity contribution is 0.280. The largest absolute Gasteiger partial charge is 0.310 e. The van der Waals surface area contributed by atoms with E-state index >= 15 is 0 Å². The van der Waals surface area contributed by atoms with Crippen molar-refractivity contribution in [3.05, 3.63) is 35.1 Å². The summed E-state index contributed by atoms with van der Waals surface area (Å²) in [7, 11) is 0. The molecular weight excluding hydrogens is 239 g/mol. The van der Waals surface area contributed by atoms with Crippen LogP contribution < -0.4 is 5.32 Å². The van der Waals surface area contributed by atoms with Gasteiger partial charge in [0, 0.05) is 12.6 Å². The van der Waals surface area contributed by atoms with E-state index in [4.69, 9.17) is 5.26 Å². The predicted molar refractivity (Wildman–Crippen MR) is 74.0 cm³/mol. The fourth-order valence-electron chi connectivity index (χ4n) is 2.90. The average Bonchev–Trinajstić information content (AvgIpc) is 2.45. The molecule has 0 heterocycles. The summed E-state index contributed by atoms with van der Waals surface area (Å²) in [6.45, 7) is 2.84. The SMILES string of the molecule is C[C@H](NCc1cc(F)cc(C#N)c1)C1CCCCC1. The second-order valence-electron chi connectivity index (χ2n) is 5.53. The lowest BCUT2D eigenvalue weighted by Gasteiger charge is -2.28. The average molecular weight is 260 g/mol. The van der Waals surface area contributed by atoms with E-state index in [1.54, 1.807) is 6.07 Å². The van der Waals surface area contributed by atoms with E-state index < -0.39 is 0 Å². The smallest absolute Gasteiger partial charge is 0.124 e. The zero-order valence-corrected chi connectivity index (χ0v) is 11.5. The van der Waals surface area contributed by atoms with Crippen molar-refractivity contribution in [2.75, 3.05) is 0 Å². The number of nitrogens with zero attached hydrogens (tertiary/aromatic N) is 1. The third kappa shape index (κ3) is 4.04. The first-order valence-corrected chi connectivity index (χ1v) is 7.12. The minimum atomic E-state index is -0.332. The van der Waals surface area contributed by atoms with Crippen LogP contribution in [0.2, 0.25) is 0 Å². The molecule has 1 aliphatic carbocycles. The van der Waals surface area contributed by atoms with Crippen molar-refractivity contribution in [2.24, 2.45) is 5.92 Å². The molecular formula is C16H21FN2. The van der Waals surface area contributed by atoms with Gasteiger partial charge in [0.05, 0.1) is 11.6 Å². The fourth-order valence-corrected chi connectivity index (χ4v) is 2.90. The molecule has 1 aromatic carbocycles. The molecule has 1 aliphatic rings. The molecule has 0 saturated heterocycles. The van der Waals surface area contributed by atoms with Gasteiger partial charge in [-0.1, -0.05) is 19.3 Å². The quantitative estimate of drug-likeness (QED) is 0.894. The van der Waals surface area contributed by atoms with Gasteiger partial charge < -0.3 is 5.32 Å². The van der Waals surface area contributed by atoms with E-state index in [0.717, 1.165) is 11.5 Å². The van der Waals surface area contributed by atoms with E-state index in [2.05, 4.69) is 12.2 Å². The topological polar surface area (TPSA) is 35.8 Å². The highest BCUT2D eigenvalue weighted by molar-refractivity contribution is 5.33. The lowest BCUT2D eigenvalue weighted by Crippen LogP contribution is -2.34. The van der Waals surface area contributed by atoms with Gasteiger partial charge in [0.1, 0.15) is 5.82 Å². The van der Waals surface area contributed by atoms with Gasteiger partial charge in [0.15, 0.2) is 0 Å². The predicted octanol–water partition coefficient (Wildman–Crippen LogP) is 3.76. The molecule has 19 heavy (non-hydrogen) atoms. The van der Waals surface area contributed by atoms with Crippen LogP contribution in [0.4, 0.5) is 4.39 Å². The van der Waals surface area contributed by atoms with E-state index in [1.807, 2.05) is 6.07 Å². The van der Waals surface area contributed by atoms with Crippen LogP contribution >= 0.6 is 0 Å². The van der Waals surface area contributed by atoms with Crippen LogP contribution in [0.3, 0.4) is 0 Å². The maximum absolute atomic E-state index is 13.3. The van der Waals surface area contributed by atoms with Crippen LogP contribution in [0.5, 0.6) is 0 Å². The highest BCUT2D eigenvalue weighted by atomic mass is 19.1. The standard InChI is InChI=1S/C16H21FN2/c1-12(15-5-3-2-4-6-15)19-11-14-7-13(10-18)8-16(17)9-14/h7-9,12,15,19H,2-6,11H2,1H3/t12-/m0/s1. The number of hydrogen-bond acceptors (Lipinski definition) is 2. The Morgan fingerprint density at radius 2 is 2.05 bits per heavy atom. The second kappa shape index (κ2) is 6.68. The van der Waals surface area contributed by atoms with Crippen molar-refractivity contribution in [3.63, 3.8) is 0 Å². The summed E-state index contributed by atoms with van der Waals surface area (Å²) in [5.74, 6) is 0.402. The number of nitriles is 1. The Bertz CT molecular complexity index is 458. The molecule has 1 N–H and O–H groups in total. The number of rotatable bonds is 4. The van der Waals surface area contributed by atoms with E-state index in [9.17, 15) is 4.39 Å². The van der Waals surface area contributed by atoms with Crippen molar-refractivity contribution < 1.29 is 4.39 Å². The summed E-state index contributed by atoms with van der Waals surface area (Å²) in [5.41, 5.74) is 1.24. The maximum Gasteiger partial charge on any atom is 0.124 e. The monoisotopic (exact) mass is 260 g/mol. The van der Waals surface area contributed by atoms with Crippen molar-refractivity contribution >= 4 is 0 Å². The molecule has 1 saturated carbocycles. The van der Waals surface area contributed by atoms with Crippen molar-refractivity contribution in [1.82, 2.24) is 5.32 Å². The number of nitrogens with one attached hydrogen (secondary N) is 1. The third-order valence-corrected chi connectivity index (χ3v) is 4.07. The van der Waals surface area contributed by atoms with Gasteiger partial charge in [-0.2, -0.15) is 5.26 Å². The van der Waals surface area contributed by atoms with E-state index in [1.165, 1.54) is 44.2 Å². The molecule has 0 spiro atoms. The summed E-state index contributed by atoms with van der Waals surface area (Å²) in [6.07, 6.45) is 6.60. The number of benzene rings is 1. The minimum Gasteiger partial charge on any atom is -0.310 e. The third-order valence-electron chi connectivity index (χ3n) is 4.07. The minimum absolute atomic E-state index is 0.332. The van der Waals surface area contributed by atoms with Crippen LogP contribution in [0, 0.1) is 23.1 Å². The number of hydrogen-bond donors (Lipinski definition) is 1. The fraction of sp³-hybridized carbons (Fsp3) is 0.562. The summed E-state index contributed by atoms with van der Waals surface area (Å²) in [4.78, 5) is 0. The van der Waals surface area contributed by atoms with Crippen molar-refractivity contribution in [3.8, 4) is 6.07 Å². The van der Waals surface area contributed by atoms with Crippen LogP contribution in [0.1, 0.15) is 50.2 Å². The Labute approximate surface area is 114 Å². The van der Waals surface area contributed by atoms with Gasteiger partial charge in [0.25, 0.3) is 0 Å². The molecule has 102 valence electrons. The van der Waals surface area contributed by atoms with Gasteiger partial charge in [0.2, 0.25) is 0 Å². The highest BCUT2D eigenvalue weighted by Crippen LogP contribution is 2.26. The molecule has 1 fully saturated rings. The molecule has 2 rings (SSSR count). The molecule has 1 aromatic rings. The van der Waals surface area contributed by atoms with Crippen LogP contribution in [0.15, 0.2) is 18.2 Å². The molecule has 0 unspecified atom stereocenters.